The van der Waals surface area contributed by atoms with Crippen molar-refractivity contribution < 1.29 is 0 Å². The predicted octanol–water partition coefficient (Wildman–Crippen LogP) is 5.23. The summed E-state index contributed by atoms with van der Waals surface area (Å²) >= 11 is 0. The molecule has 0 aliphatic heterocycles. The molecule has 0 nitrogen and oxygen atoms in total. The van der Waals surface area contributed by atoms with Gasteiger partial charge in [-0.1, -0.05) is 18.2 Å². The number of hydrogen-bond donors (Lipinski definition) is 0. The fourth-order valence-electron chi connectivity index (χ4n) is 1.43. The van der Waals surface area contributed by atoms with Gasteiger partial charge in [0.05, 0.1) is 0 Å². The third-order valence-corrected chi connectivity index (χ3v) is 2.53. The van der Waals surface area contributed by atoms with Crippen LogP contribution in [0.3, 0.4) is 0 Å². The maximum Gasteiger partial charge on any atom is 3.00 e. The second-order valence-corrected chi connectivity index (χ2v) is 4.46. The zero-order valence-electron chi connectivity index (χ0n) is 12.9. The Morgan fingerprint density at radius 3 is 0.636 bits per heavy atom. The maximum absolute atomic E-state index is 3.72. The van der Waals surface area contributed by atoms with Crippen LogP contribution in [0.15, 0.2) is 91.0 Å². The first kappa shape index (κ1) is 19.8. The van der Waals surface area contributed by atoms with E-state index in [0.717, 1.165) is 16.7 Å². The molecule has 3 aromatic carbocycles. The van der Waals surface area contributed by atoms with Crippen molar-refractivity contribution in [3.63, 3.8) is 0 Å². The van der Waals surface area contributed by atoms with Gasteiger partial charge in [-0.2, -0.15) is 73.9 Å². The molecule has 0 spiro atoms. The van der Waals surface area contributed by atoms with Crippen molar-refractivity contribution >= 4 is 17.4 Å². The SMILES string of the molecule is [Al+3].[CH2-]c1ccccc1.[CH2-]c1ccccc1.[CH2-]c1ccccc1. The first-order chi connectivity index (χ1) is 10.2. The van der Waals surface area contributed by atoms with E-state index in [9.17, 15) is 0 Å². The molecule has 3 aromatic rings. The standard InChI is InChI=1S/3C7H7.Al/c3*1-7-5-3-2-4-6-7;/h3*2-6H,1H2;/q3*-1;+3. The van der Waals surface area contributed by atoms with Crippen LogP contribution in [0.5, 0.6) is 0 Å². The summed E-state index contributed by atoms with van der Waals surface area (Å²) in [4.78, 5) is 0. The van der Waals surface area contributed by atoms with Gasteiger partial charge in [-0.15, -0.1) is 36.4 Å². The van der Waals surface area contributed by atoms with Crippen molar-refractivity contribution in [2.45, 2.75) is 0 Å². The Labute approximate surface area is 146 Å². The Morgan fingerprint density at radius 1 is 0.364 bits per heavy atom. The Kier molecular flexibility index (Phi) is 11.3. The summed E-state index contributed by atoms with van der Waals surface area (Å²) in [6.07, 6.45) is 0. The normalized spacial score (nSPS) is 8.18. The minimum absolute atomic E-state index is 0. The third-order valence-electron chi connectivity index (χ3n) is 2.53. The average Bonchev–Trinajstić information content (AvgIpc) is 2.51. The van der Waals surface area contributed by atoms with Gasteiger partial charge in [0.2, 0.25) is 0 Å². The van der Waals surface area contributed by atoms with Crippen LogP contribution >= 0.6 is 0 Å². The molecule has 0 aromatic heterocycles. The predicted molar refractivity (Wildman–Crippen MR) is 98.5 cm³/mol. The second kappa shape index (κ2) is 12.5. The maximum atomic E-state index is 3.72. The summed E-state index contributed by atoms with van der Waals surface area (Å²) in [5, 5.41) is 0. The molecule has 0 bridgehead atoms. The summed E-state index contributed by atoms with van der Waals surface area (Å²) in [5.74, 6) is 0. The molecule has 0 aliphatic rings. The van der Waals surface area contributed by atoms with E-state index < -0.39 is 0 Å². The van der Waals surface area contributed by atoms with Crippen molar-refractivity contribution in [3.05, 3.63) is 128 Å². The molecule has 0 amide bonds. The Balaban J connectivity index is 0.000000294. The quantitative estimate of drug-likeness (QED) is 0.394. The van der Waals surface area contributed by atoms with Gasteiger partial charge >= 0.3 is 17.4 Å². The first-order valence-corrected chi connectivity index (χ1v) is 6.79. The summed E-state index contributed by atoms with van der Waals surface area (Å²) in [7, 11) is 0. The van der Waals surface area contributed by atoms with Crippen LogP contribution in [0.4, 0.5) is 0 Å². The molecule has 1 heteroatoms. The minimum atomic E-state index is 0. The van der Waals surface area contributed by atoms with Crippen LogP contribution in [-0.2, 0) is 0 Å². The van der Waals surface area contributed by atoms with Crippen molar-refractivity contribution in [3.8, 4) is 0 Å². The smallest absolute Gasteiger partial charge is 0.199 e. The van der Waals surface area contributed by atoms with Gasteiger partial charge in [-0.3, -0.25) is 0 Å². The average molecular weight is 300 g/mol. The molecule has 0 N–H and O–H groups in total. The molecule has 3 rings (SSSR count). The molecule has 0 atom stereocenters. The molecule has 0 fully saturated rings. The van der Waals surface area contributed by atoms with Crippen LogP contribution in [0.25, 0.3) is 0 Å². The summed E-state index contributed by atoms with van der Waals surface area (Å²) < 4.78 is 0. The van der Waals surface area contributed by atoms with Gasteiger partial charge in [-0.05, 0) is 0 Å². The largest absolute Gasteiger partial charge is 3.00 e. The monoisotopic (exact) mass is 300 g/mol. The van der Waals surface area contributed by atoms with E-state index in [1.807, 2.05) is 91.0 Å². The molecule has 0 unspecified atom stereocenters. The van der Waals surface area contributed by atoms with Gasteiger partial charge in [0.1, 0.15) is 0 Å². The minimum Gasteiger partial charge on any atom is -0.199 e. The van der Waals surface area contributed by atoms with E-state index in [2.05, 4.69) is 20.8 Å². The van der Waals surface area contributed by atoms with Crippen LogP contribution < -0.4 is 0 Å². The summed E-state index contributed by atoms with van der Waals surface area (Å²) in [6.45, 7) is 11.2. The Bertz CT molecular complexity index is 485. The van der Waals surface area contributed by atoms with Crippen LogP contribution in [0.1, 0.15) is 16.7 Å². The van der Waals surface area contributed by atoms with E-state index >= 15 is 0 Å². The molecule has 0 saturated heterocycles. The van der Waals surface area contributed by atoms with Crippen LogP contribution in [0.2, 0.25) is 0 Å². The van der Waals surface area contributed by atoms with Crippen LogP contribution in [0, 0.1) is 20.8 Å². The molecule has 0 aliphatic carbocycles. The molecule has 22 heavy (non-hydrogen) atoms. The van der Waals surface area contributed by atoms with E-state index in [-0.39, 0.29) is 17.4 Å². The third kappa shape index (κ3) is 10.6. The molecular weight excluding hydrogens is 279 g/mol. The summed E-state index contributed by atoms with van der Waals surface area (Å²) in [6, 6.07) is 29.6. The summed E-state index contributed by atoms with van der Waals surface area (Å²) in [5.41, 5.74) is 3.22. The van der Waals surface area contributed by atoms with E-state index in [1.54, 1.807) is 0 Å². The molecule has 0 heterocycles. The van der Waals surface area contributed by atoms with Crippen molar-refractivity contribution in [2.24, 2.45) is 0 Å². The van der Waals surface area contributed by atoms with E-state index in [1.165, 1.54) is 0 Å². The van der Waals surface area contributed by atoms with Gasteiger partial charge in [0.15, 0.2) is 0 Å². The number of rotatable bonds is 0. The van der Waals surface area contributed by atoms with E-state index in [0.29, 0.717) is 0 Å². The van der Waals surface area contributed by atoms with Crippen molar-refractivity contribution in [1.82, 2.24) is 0 Å². The van der Waals surface area contributed by atoms with Gasteiger partial charge in [-0.25, -0.2) is 0 Å². The second-order valence-electron chi connectivity index (χ2n) is 4.46. The first-order valence-electron chi connectivity index (χ1n) is 6.79. The fraction of sp³-hybridized carbons (Fsp3) is 0. The fourth-order valence-corrected chi connectivity index (χ4v) is 1.43. The van der Waals surface area contributed by atoms with Crippen molar-refractivity contribution in [1.29, 1.82) is 0 Å². The van der Waals surface area contributed by atoms with E-state index in [4.69, 9.17) is 0 Å². The van der Waals surface area contributed by atoms with Gasteiger partial charge in [0.25, 0.3) is 0 Å². The topological polar surface area (TPSA) is 0 Å². The molecule has 0 radical (unpaired) electrons. The van der Waals surface area contributed by atoms with Gasteiger partial charge < -0.3 is 0 Å². The zero-order chi connectivity index (χ0) is 15.3. The Hall–Kier alpha value is -2.20. The Morgan fingerprint density at radius 2 is 0.545 bits per heavy atom. The molecular formula is C21H21Al. The van der Waals surface area contributed by atoms with Gasteiger partial charge in [0, 0.05) is 0 Å². The molecule has 0 saturated carbocycles. The van der Waals surface area contributed by atoms with Crippen LogP contribution in [-0.4, -0.2) is 17.4 Å². The number of benzene rings is 3. The molecule has 108 valence electrons. The number of hydrogen-bond acceptors (Lipinski definition) is 0. The zero-order valence-corrected chi connectivity index (χ0v) is 14.0. The van der Waals surface area contributed by atoms with Crippen molar-refractivity contribution in [2.75, 3.05) is 0 Å².